The zero-order valence-corrected chi connectivity index (χ0v) is 13.5. The van der Waals surface area contributed by atoms with Crippen molar-refractivity contribution in [2.75, 3.05) is 18.0 Å². The predicted octanol–water partition coefficient (Wildman–Crippen LogP) is 3.44. The average Bonchev–Trinajstić information content (AvgIpc) is 2.81. The van der Waals surface area contributed by atoms with Crippen LogP contribution in [0, 0.1) is 0 Å². The molecule has 118 valence electrons. The molecule has 1 aliphatic rings. The van der Waals surface area contributed by atoms with Crippen molar-refractivity contribution in [2.45, 2.75) is 17.7 Å². The highest BCUT2D eigenvalue weighted by Crippen LogP contribution is 2.24. The van der Waals surface area contributed by atoms with E-state index in [1.54, 1.807) is 36.0 Å². The number of amides is 2. The molecule has 0 aromatic heterocycles. The minimum absolute atomic E-state index is 0.170. The van der Waals surface area contributed by atoms with Gasteiger partial charge in [-0.3, -0.25) is 14.5 Å². The predicted molar refractivity (Wildman–Crippen MR) is 92.6 cm³/mol. The molecule has 2 aromatic rings. The molecule has 0 saturated carbocycles. The van der Waals surface area contributed by atoms with Crippen molar-refractivity contribution in [1.29, 1.82) is 0 Å². The number of hydrogen-bond acceptors (Lipinski definition) is 4. The fourth-order valence-electron chi connectivity index (χ4n) is 2.57. The van der Waals surface area contributed by atoms with Gasteiger partial charge in [-0.15, -0.1) is 11.8 Å². The van der Waals surface area contributed by atoms with Crippen molar-refractivity contribution in [2.24, 2.45) is 0 Å². The first-order chi connectivity index (χ1) is 11.2. The lowest BCUT2D eigenvalue weighted by Crippen LogP contribution is -2.30. The van der Waals surface area contributed by atoms with Gasteiger partial charge < -0.3 is 5.73 Å². The maximum atomic E-state index is 12.2. The van der Waals surface area contributed by atoms with Crippen molar-refractivity contribution >= 4 is 29.3 Å². The molecule has 0 spiro atoms. The van der Waals surface area contributed by atoms with Gasteiger partial charge in [0.25, 0.3) is 11.8 Å². The first-order valence-electron chi connectivity index (χ1n) is 7.60. The van der Waals surface area contributed by atoms with E-state index in [4.69, 9.17) is 5.73 Å². The zero-order chi connectivity index (χ0) is 16.2. The van der Waals surface area contributed by atoms with Crippen LogP contribution in [0.4, 0.5) is 5.69 Å². The summed E-state index contributed by atoms with van der Waals surface area (Å²) in [6.45, 7) is 0.481. The maximum Gasteiger partial charge on any atom is 0.261 e. The zero-order valence-electron chi connectivity index (χ0n) is 12.7. The molecule has 0 atom stereocenters. The molecule has 4 nitrogen and oxygen atoms in total. The molecule has 0 saturated heterocycles. The third kappa shape index (κ3) is 3.40. The lowest BCUT2D eigenvalue weighted by atomic mass is 10.1. The van der Waals surface area contributed by atoms with Gasteiger partial charge >= 0.3 is 0 Å². The number of carbonyl (C=O) groups excluding carboxylic acids is 2. The number of anilines is 1. The number of unbranched alkanes of at least 4 members (excludes halogenated alkanes) is 1. The normalized spacial score (nSPS) is 13.5. The molecule has 0 unspecified atom stereocenters. The molecule has 23 heavy (non-hydrogen) atoms. The van der Waals surface area contributed by atoms with Crippen molar-refractivity contribution in [3.8, 4) is 0 Å². The molecule has 2 aromatic carbocycles. The van der Waals surface area contributed by atoms with Gasteiger partial charge in [0.15, 0.2) is 0 Å². The number of nitrogens with zero attached hydrogens (tertiary/aromatic N) is 1. The number of rotatable bonds is 6. The van der Waals surface area contributed by atoms with E-state index >= 15 is 0 Å². The van der Waals surface area contributed by atoms with E-state index in [0.29, 0.717) is 17.7 Å². The van der Waals surface area contributed by atoms with E-state index in [0.717, 1.165) is 24.3 Å². The summed E-state index contributed by atoms with van der Waals surface area (Å²) in [5.74, 6) is 0.612. The van der Waals surface area contributed by atoms with E-state index < -0.39 is 0 Å². The van der Waals surface area contributed by atoms with Crippen LogP contribution in [-0.4, -0.2) is 29.0 Å². The number of hydrogen-bond donors (Lipinski definition) is 1. The van der Waals surface area contributed by atoms with Crippen molar-refractivity contribution in [1.82, 2.24) is 4.90 Å². The lowest BCUT2D eigenvalue weighted by molar-refractivity contribution is 0.0652. The van der Waals surface area contributed by atoms with E-state index in [2.05, 4.69) is 0 Å². The molecule has 1 aliphatic heterocycles. The van der Waals surface area contributed by atoms with Gasteiger partial charge in [-0.1, -0.05) is 12.1 Å². The number of imide groups is 1. The Morgan fingerprint density at radius 1 is 0.870 bits per heavy atom. The summed E-state index contributed by atoms with van der Waals surface area (Å²) >= 11 is 1.76. The molecule has 1 heterocycles. The summed E-state index contributed by atoms with van der Waals surface area (Å²) in [5, 5.41) is 0. The molecule has 2 N–H and O–H groups in total. The smallest absolute Gasteiger partial charge is 0.261 e. The Balaban J connectivity index is 1.46. The van der Waals surface area contributed by atoms with Crippen LogP contribution in [0.25, 0.3) is 0 Å². The minimum atomic E-state index is -0.170. The van der Waals surface area contributed by atoms with Crippen LogP contribution in [0.15, 0.2) is 53.4 Å². The topological polar surface area (TPSA) is 63.4 Å². The third-order valence-corrected chi connectivity index (χ3v) is 4.90. The summed E-state index contributed by atoms with van der Waals surface area (Å²) < 4.78 is 0. The van der Waals surface area contributed by atoms with Crippen LogP contribution in [0.1, 0.15) is 33.6 Å². The van der Waals surface area contributed by atoms with E-state index in [-0.39, 0.29) is 11.8 Å². The Labute approximate surface area is 139 Å². The van der Waals surface area contributed by atoms with Crippen molar-refractivity contribution in [3.05, 3.63) is 59.7 Å². The number of thioether (sulfide) groups is 1. The third-order valence-electron chi connectivity index (χ3n) is 3.80. The van der Waals surface area contributed by atoms with E-state index in [1.165, 1.54) is 9.80 Å². The highest BCUT2D eigenvalue weighted by molar-refractivity contribution is 7.99. The maximum absolute atomic E-state index is 12.2. The Bertz CT molecular complexity index is 693. The van der Waals surface area contributed by atoms with E-state index in [1.807, 2.05) is 24.3 Å². The van der Waals surface area contributed by atoms with Gasteiger partial charge in [-0.05, 0) is 55.0 Å². The highest BCUT2D eigenvalue weighted by atomic mass is 32.2. The fourth-order valence-corrected chi connectivity index (χ4v) is 3.48. The van der Waals surface area contributed by atoms with E-state index in [9.17, 15) is 9.59 Å². The van der Waals surface area contributed by atoms with Gasteiger partial charge in [-0.25, -0.2) is 0 Å². The number of fused-ring (bicyclic) bond motifs is 1. The van der Waals surface area contributed by atoms with Crippen LogP contribution in [0.3, 0.4) is 0 Å². The molecular weight excluding hydrogens is 308 g/mol. The molecule has 0 fully saturated rings. The SMILES string of the molecule is Nc1ccc(SCCCCN2C(=O)c3ccccc3C2=O)cc1. The highest BCUT2D eigenvalue weighted by Gasteiger charge is 2.34. The second kappa shape index (κ2) is 6.87. The van der Waals surface area contributed by atoms with Crippen LogP contribution < -0.4 is 5.73 Å². The molecule has 0 radical (unpaired) electrons. The van der Waals surface area contributed by atoms with Gasteiger partial charge in [-0.2, -0.15) is 0 Å². The summed E-state index contributed by atoms with van der Waals surface area (Å²) in [4.78, 5) is 27.0. The van der Waals surface area contributed by atoms with Crippen LogP contribution in [0.5, 0.6) is 0 Å². The summed E-state index contributed by atoms with van der Waals surface area (Å²) in [6, 6.07) is 14.8. The molecular formula is C18H18N2O2S. The molecule has 5 heteroatoms. The number of nitrogen functional groups attached to an aromatic ring is 1. The summed E-state index contributed by atoms with van der Waals surface area (Å²) in [5.41, 5.74) is 7.46. The van der Waals surface area contributed by atoms with Crippen LogP contribution in [0.2, 0.25) is 0 Å². The number of benzene rings is 2. The quantitative estimate of drug-likeness (QED) is 0.382. The Morgan fingerprint density at radius 2 is 1.48 bits per heavy atom. The largest absolute Gasteiger partial charge is 0.399 e. The number of nitrogens with two attached hydrogens (primary N) is 1. The van der Waals surface area contributed by atoms with Gasteiger partial charge in [0.05, 0.1) is 11.1 Å². The van der Waals surface area contributed by atoms with Crippen LogP contribution >= 0.6 is 11.8 Å². The first kappa shape index (κ1) is 15.6. The second-order valence-corrected chi connectivity index (χ2v) is 6.60. The van der Waals surface area contributed by atoms with Gasteiger partial charge in [0, 0.05) is 17.1 Å². The summed E-state index contributed by atoms with van der Waals surface area (Å²) in [6.07, 6.45) is 1.76. The molecule has 0 bridgehead atoms. The van der Waals surface area contributed by atoms with Gasteiger partial charge in [0.2, 0.25) is 0 Å². The Kier molecular flexibility index (Phi) is 4.67. The van der Waals surface area contributed by atoms with Crippen molar-refractivity contribution in [3.63, 3.8) is 0 Å². The number of carbonyl (C=O) groups is 2. The lowest BCUT2D eigenvalue weighted by Gasteiger charge is -2.13. The fraction of sp³-hybridized carbons (Fsp3) is 0.222. The molecule has 3 rings (SSSR count). The molecule has 0 aliphatic carbocycles. The minimum Gasteiger partial charge on any atom is -0.399 e. The Hall–Kier alpha value is -2.27. The monoisotopic (exact) mass is 326 g/mol. The molecule has 2 amide bonds. The standard InChI is InChI=1S/C18H18N2O2S/c19-13-7-9-14(10-8-13)23-12-4-3-11-20-17(21)15-5-1-2-6-16(15)18(20)22/h1-2,5-10H,3-4,11-12,19H2. The first-order valence-corrected chi connectivity index (χ1v) is 8.59. The summed E-state index contributed by atoms with van der Waals surface area (Å²) in [7, 11) is 0. The van der Waals surface area contributed by atoms with Gasteiger partial charge in [0.1, 0.15) is 0 Å². The second-order valence-electron chi connectivity index (χ2n) is 5.43. The average molecular weight is 326 g/mol. The van der Waals surface area contributed by atoms with Crippen molar-refractivity contribution < 1.29 is 9.59 Å². The van der Waals surface area contributed by atoms with Crippen LogP contribution in [-0.2, 0) is 0 Å². The Morgan fingerprint density at radius 3 is 2.09 bits per heavy atom.